The highest BCUT2D eigenvalue weighted by Crippen LogP contribution is 2.01. The van der Waals surface area contributed by atoms with Crippen LogP contribution in [-0.2, 0) is 14.3 Å². The van der Waals surface area contributed by atoms with E-state index in [1.54, 1.807) is 0 Å². The third-order valence-electron chi connectivity index (χ3n) is 1.27. The Labute approximate surface area is 65.2 Å². The molecule has 0 bridgehead atoms. The minimum atomic E-state index is -1.15. The largest absolute Gasteiger partial charge is 0.394 e. The van der Waals surface area contributed by atoms with Crippen molar-refractivity contribution in [3.8, 4) is 0 Å². The van der Waals surface area contributed by atoms with Crippen molar-refractivity contribution in [1.82, 2.24) is 0 Å². The smallest absolute Gasteiger partial charge is 0.342 e. The number of hydrogen-bond donors (Lipinski definition) is 1. The summed E-state index contributed by atoms with van der Waals surface area (Å²) in [7, 11) is 0. The van der Waals surface area contributed by atoms with E-state index in [4.69, 9.17) is 5.11 Å². The molecular formula is C7H12O4. The maximum Gasteiger partial charge on any atom is 0.342 e. The van der Waals surface area contributed by atoms with Gasteiger partial charge in [-0.15, -0.1) is 0 Å². The lowest BCUT2D eigenvalue weighted by Crippen LogP contribution is -2.22. The quantitative estimate of drug-likeness (QED) is 0.355. The fourth-order valence-electron chi connectivity index (χ4n) is 0.641. The van der Waals surface area contributed by atoms with Gasteiger partial charge in [0.1, 0.15) is 0 Å². The number of hydrogen-bond acceptors (Lipinski definition) is 4. The molecule has 1 N–H and O–H groups in total. The second-order valence-electron chi connectivity index (χ2n) is 2.19. The lowest BCUT2D eigenvalue weighted by Gasteiger charge is -2.04. The van der Waals surface area contributed by atoms with Gasteiger partial charge in [-0.2, -0.15) is 0 Å². The first-order valence-electron chi connectivity index (χ1n) is 3.54. The summed E-state index contributed by atoms with van der Waals surface area (Å²) in [6.45, 7) is 1.97. The van der Waals surface area contributed by atoms with Gasteiger partial charge >= 0.3 is 12.4 Å². The molecule has 0 spiro atoms. The lowest BCUT2D eigenvalue weighted by molar-refractivity contribution is -0.158. The summed E-state index contributed by atoms with van der Waals surface area (Å²) in [6, 6.07) is 0. The van der Waals surface area contributed by atoms with Crippen LogP contribution in [0.5, 0.6) is 0 Å². The molecule has 64 valence electrons. The molecular weight excluding hydrogens is 148 g/mol. The highest BCUT2D eigenvalue weighted by molar-refractivity contribution is 5.80. The summed E-state index contributed by atoms with van der Waals surface area (Å²) in [4.78, 5) is 20.2. The van der Waals surface area contributed by atoms with Crippen LogP contribution in [0.1, 0.15) is 26.2 Å². The zero-order chi connectivity index (χ0) is 8.69. The van der Waals surface area contributed by atoms with Gasteiger partial charge in [0.2, 0.25) is 0 Å². The molecule has 4 heteroatoms. The molecule has 0 aliphatic rings. The minimum absolute atomic E-state index is 0.0253. The number of carbonyl (C=O) groups is 2. The van der Waals surface area contributed by atoms with Crippen LogP contribution in [0.25, 0.3) is 0 Å². The Balaban J connectivity index is 3.54. The molecule has 0 aromatic heterocycles. The predicted octanol–water partition coefficient (Wildman–Crippen LogP) is 0.237. The highest BCUT2D eigenvalue weighted by Gasteiger charge is 2.14. The van der Waals surface area contributed by atoms with E-state index in [0.717, 1.165) is 12.8 Å². The SMILES string of the molecule is CCCCC(O)C(=O)OC=O. The summed E-state index contributed by atoms with van der Waals surface area (Å²) >= 11 is 0. The molecule has 0 heterocycles. The Morgan fingerprint density at radius 1 is 1.73 bits per heavy atom. The van der Waals surface area contributed by atoms with Gasteiger partial charge in [0.05, 0.1) is 0 Å². The predicted molar refractivity (Wildman–Crippen MR) is 37.7 cm³/mol. The second kappa shape index (κ2) is 5.85. The number of aliphatic hydroxyl groups excluding tert-OH is 1. The molecule has 0 rings (SSSR count). The van der Waals surface area contributed by atoms with Gasteiger partial charge in [-0.25, -0.2) is 4.79 Å². The first kappa shape index (κ1) is 10.1. The second-order valence-corrected chi connectivity index (χ2v) is 2.19. The Bertz CT molecular complexity index is 132. The fraction of sp³-hybridized carbons (Fsp3) is 0.714. The van der Waals surface area contributed by atoms with Crippen LogP contribution in [-0.4, -0.2) is 23.7 Å². The fourth-order valence-corrected chi connectivity index (χ4v) is 0.641. The molecule has 0 amide bonds. The van der Waals surface area contributed by atoms with Crippen molar-refractivity contribution >= 4 is 12.4 Å². The molecule has 0 aliphatic carbocycles. The van der Waals surface area contributed by atoms with Crippen LogP contribution in [0.4, 0.5) is 0 Å². The number of carbonyl (C=O) groups excluding carboxylic acids is 2. The van der Waals surface area contributed by atoms with E-state index in [9.17, 15) is 9.59 Å². The third kappa shape index (κ3) is 4.50. The topological polar surface area (TPSA) is 63.6 Å². The first-order valence-corrected chi connectivity index (χ1v) is 3.54. The summed E-state index contributed by atoms with van der Waals surface area (Å²) < 4.78 is 3.93. The van der Waals surface area contributed by atoms with Crippen LogP contribution < -0.4 is 0 Å². The molecule has 0 aliphatic heterocycles. The number of esters is 1. The first-order chi connectivity index (χ1) is 5.22. The number of rotatable bonds is 5. The molecule has 0 aromatic rings. The molecule has 0 aromatic carbocycles. The Kier molecular flexibility index (Phi) is 5.37. The highest BCUT2D eigenvalue weighted by atomic mass is 16.6. The average Bonchev–Trinajstić information content (AvgIpc) is 2.00. The van der Waals surface area contributed by atoms with Crippen molar-refractivity contribution in [2.45, 2.75) is 32.3 Å². The number of aliphatic hydroxyl groups is 1. The van der Waals surface area contributed by atoms with Gasteiger partial charge in [-0.1, -0.05) is 19.8 Å². The van der Waals surface area contributed by atoms with Crippen molar-refractivity contribution in [2.24, 2.45) is 0 Å². The van der Waals surface area contributed by atoms with Gasteiger partial charge in [0, 0.05) is 0 Å². The van der Waals surface area contributed by atoms with Crippen molar-refractivity contribution in [2.75, 3.05) is 0 Å². The minimum Gasteiger partial charge on any atom is -0.394 e. The Hall–Kier alpha value is -0.900. The monoisotopic (exact) mass is 160 g/mol. The van der Waals surface area contributed by atoms with E-state index in [1.807, 2.05) is 6.92 Å². The Morgan fingerprint density at radius 2 is 2.36 bits per heavy atom. The van der Waals surface area contributed by atoms with Gasteiger partial charge in [-0.05, 0) is 6.42 Å². The Morgan fingerprint density at radius 3 is 2.82 bits per heavy atom. The third-order valence-corrected chi connectivity index (χ3v) is 1.27. The van der Waals surface area contributed by atoms with Crippen LogP contribution in [0, 0.1) is 0 Å². The van der Waals surface area contributed by atoms with Crippen molar-refractivity contribution in [3.63, 3.8) is 0 Å². The van der Waals surface area contributed by atoms with Crippen LogP contribution >= 0.6 is 0 Å². The van der Waals surface area contributed by atoms with Crippen LogP contribution in [0.2, 0.25) is 0 Å². The molecule has 0 radical (unpaired) electrons. The van der Waals surface area contributed by atoms with Gasteiger partial charge in [-0.3, -0.25) is 4.79 Å². The van der Waals surface area contributed by atoms with Crippen molar-refractivity contribution < 1.29 is 19.4 Å². The van der Waals surface area contributed by atoms with E-state index in [2.05, 4.69) is 4.74 Å². The normalized spacial score (nSPS) is 12.2. The summed E-state index contributed by atoms with van der Waals surface area (Å²) in [5.41, 5.74) is 0. The molecule has 1 atom stereocenters. The van der Waals surface area contributed by atoms with Gasteiger partial charge in [0.15, 0.2) is 6.10 Å². The van der Waals surface area contributed by atoms with E-state index in [-0.39, 0.29) is 6.47 Å². The van der Waals surface area contributed by atoms with Crippen LogP contribution in [0.3, 0.4) is 0 Å². The number of unbranched alkanes of at least 4 members (excludes halogenated alkanes) is 1. The molecule has 11 heavy (non-hydrogen) atoms. The zero-order valence-electron chi connectivity index (χ0n) is 6.45. The summed E-state index contributed by atoms with van der Waals surface area (Å²) in [5.74, 6) is -0.867. The summed E-state index contributed by atoms with van der Waals surface area (Å²) in [5, 5.41) is 8.95. The zero-order valence-corrected chi connectivity index (χ0v) is 6.45. The average molecular weight is 160 g/mol. The van der Waals surface area contributed by atoms with Crippen molar-refractivity contribution in [1.29, 1.82) is 0 Å². The molecule has 0 fully saturated rings. The van der Waals surface area contributed by atoms with Gasteiger partial charge < -0.3 is 9.84 Å². The van der Waals surface area contributed by atoms with Crippen LogP contribution in [0.15, 0.2) is 0 Å². The standard InChI is InChI=1S/C7H12O4/c1-2-3-4-6(9)7(10)11-5-8/h5-6,9H,2-4H2,1H3. The van der Waals surface area contributed by atoms with E-state index >= 15 is 0 Å². The van der Waals surface area contributed by atoms with Crippen molar-refractivity contribution in [3.05, 3.63) is 0 Å². The van der Waals surface area contributed by atoms with E-state index in [0.29, 0.717) is 6.42 Å². The lowest BCUT2D eigenvalue weighted by atomic mass is 10.2. The summed E-state index contributed by atoms with van der Waals surface area (Å²) in [6.07, 6.45) is 0.837. The van der Waals surface area contributed by atoms with Gasteiger partial charge in [0.25, 0.3) is 0 Å². The van der Waals surface area contributed by atoms with E-state index < -0.39 is 12.1 Å². The molecule has 0 saturated heterocycles. The molecule has 1 unspecified atom stereocenters. The number of ether oxygens (including phenoxy) is 1. The maximum atomic E-state index is 10.5. The molecule has 4 nitrogen and oxygen atoms in total. The van der Waals surface area contributed by atoms with E-state index in [1.165, 1.54) is 0 Å². The maximum absolute atomic E-state index is 10.5. The molecule has 0 saturated carbocycles.